The molecule has 0 radical (unpaired) electrons. The minimum atomic E-state index is -0.923. The number of halogens is 1. The normalized spacial score (nSPS) is 12.2. The molecule has 0 spiro atoms. The van der Waals surface area contributed by atoms with Gasteiger partial charge in [0.2, 0.25) is 0 Å². The molecule has 1 heterocycles. The van der Waals surface area contributed by atoms with Gasteiger partial charge in [-0.05, 0) is 30.7 Å². The molecule has 0 bridgehead atoms. The first kappa shape index (κ1) is 14.0. The Morgan fingerprint density at radius 1 is 1.32 bits per heavy atom. The van der Waals surface area contributed by atoms with E-state index in [0.29, 0.717) is 10.8 Å². The van der Waals surface area contributed by atoms with Crippen LogP contribution in [-0.2, 0) is 16.6 Å². The van der Waals surface area contributed by atoms with E-state index < -0.39 is 10.8 Å². The summed E-state index contributed by atoms with van der Waals surface area (Å²) >= 11 is 6.08. The molecule has 4 nitrogen and oxygen atoms in total. The summed E-state index contributed by atoms with van der Waals surface area (Å²) < 4.78 is 11.3. The van der Waals surface area contributed by atoms with Crippen molar-refractivity contribution in [1.82, 2.24) is 9.97 Å². The lowest BCUT2D eigenvalue weighted by Gasteiger charge is -2.09. The van der Waals surface area contributed by atoms with Crippen molar-refractivity contribution in [1.29, 1.82) is 0 Å². The fourth-order valence-corrected chi connectivity index (χ4v) is 2.59. The summed E-state index contributed by atoms with van der Waals surface area (Å²) in [6, 6.07) is 7.40. The molecule has 1 aromatic carbocycles. The SMILES string of the molecule is Cc1cc(Nc2ccc(Cl)c(CS(C)=O)c2)ncn1. The number of rotatable bonds is 4. The molecule has 0 aliphatic carbocycles. The number of hydrogen-bond acceptors (Lipinski definition) is 4. The van der Waals surface area contributed by atoms with Crippen LogP contribution in [0.3, 0.4) is 0 Å². The molecule has 6 heteroatoms. The summed E-state index contributed by atoms with van der Waals surface area (Å²) in [5.41, 5.74) is 2.61. The summed E-state index contributed by atoms with van der Waals surface area (Å²) in [5.74, 6) is 1.16. The van der Waals surface area contributed by atoms with E-state index in [1.807, 2.05) is 25.1 Å². The summed E-state index contributed by atoms with van der Waals surface area (Å²) in [5, 5.41) is 3.80. The predicted octanol–water partition coefficient (Wildman–Crippen LogP) is 3.06. The van der Waals surface area contributed by atoms with E-state index >= 15 is 0 Å². The number of nitrogens with zero attached hydrogens (tertiary/aromatic N) is 2. The first-order valence-electron chi connectivity index (χ1n) is 5.69. The average molecular weight is 296 g/mol. The standard InChI is InChI=1S/C13H14ClN3OS/c1-9-5-13(16-8-15-9)17-11-3-4-12(14)10(6-11)7-19(2)18/h3-6,8H,7H2,1-2H3,(H,15,16,17). The molecule has 0 saturated heterocycles. The Labute approximate surface area is 119 Å². The van der Waals surface area contributed by atoms with Crippen LogP contribution < -0.4 is 5.32 Å². The van der Waals surface area contributed by atoms with Gasteiger partial charge in [-0.15, -0.1) is 0 Å². The van der Waals surface area contributed by atoms with Gasteiger partial charge in [0.05, 0.1) is 0 Å². The van der Waals surface area contributed by atoms with Crippen LogP contribution in [0.1, 0.15) is 11.3 Å². The van der Waals surface area contributed by atoms with Gasteiger partial charge in [0.25, 0.3) is 0 Å². The van der Waals surface area contributed by atoms with E-state index in [1.165, 1.54) is 6.33 Å². The molecule has 1 unspecified atom stereocenters. The summed E-state index contributed by atoms with van der Waals surface area (Å²) in [6.07, 6.45) is 3.17. The second kappa shape index (κ2) is 6.12. The Balaban J connectivity index is 2.23. The smallest absolute Gasteiger partial charge is 0.133 e. The van der Waals surface area contributed by atoms with Gasteiger partial charge < -0.3 is 5.32 Å². The fraction of sp³-hybridized carbons (Fsp3) is 0.231. The van der Waals surface area contributed by atoms with Crippen molar-refractivity contribution in [2.75, 3.05) is 11.6 Å². The third-order valence-corrected chi connectivity index (χ3v) is 3.57. The van der Waals surface area contributed by atoms with E-state index in [2.05, 4.69) is 15.3 Å². The van der Waals surface area contributed by atoms with Crippen LogP contribution in [0.2, 0.25) is 5.02 Å². The van der Waals surface area contributed by atoms with Gasteiger partial charge in [0, 0.05) is 45.3 Å². The summed E-state index contributed by atoms with van der Waals surface area (Å²) in [4.78, 5) is 8.17. The Morgan fingerprint density at radius 2 is 2.11 bits per heavy atom. The lowest BCUT2D eigenvalue weighted by atomic mass is 10.2. The van der Waals surface area contributed by atoms with Crippen LogP contribution in [0.4, 0.5) is 11.5 Å². The van der Waals surface area contributed by atoms with Crippen LogP contribution in [0, 0.1) is 6.92 Å². The third-order valence-electron chi connectivity index (χ3n) is 2.48. The first-order valence-corrected chi connectivity index (χ1v) is 7.79. The zero-order valence-corrected chi connectivity index (χ0v) is 12.3. The van der Waals surface area contributed by atoms with Crippen molar-refractivity contribution in [2.45, 2.75) is 12.7 Å². The highest BCUT2D eigenvalue weighted by Crippen LogP contribution is 2.23. The van der Waals surface area contributed by atoms with Crippen molar-refractivity contribution >= 4 is 33.9 Å². The van der Waals surface area contributed by atoms with Crippen LogP contribution in [0.15, 0.2) is 30.6 Å². The summed E-state index contributed by atoms with van der Waals surface area (Å²) in [6.45, 7) is 1.90. The minimum Gasteiger partial charge on any atom is -0.340 e. The Morgan fingerprint density at radius 3 is 2.79 bits per heavy atom. The van der Waals surface area contributed by atoms with Crippen LogP contribution in [-0.4, -0.2) is 20.4 Å². The molecule has 1 atom stereocenters. The maximum atomic E-state index is 11.3. The number of aryl methyl sites for hydroxylation is 1. The maximum Gasteiger partial charge on any atom is 0.133 e. The number of hydrogen-bond donors (Lipinski definition) is 1. The van der Waals surface area contributed by atoms with E-state index in [-0.39, 0.29) is 0 Å². The van der Waals surface area contributed by atoms with Gasteiger partial charge in [0.15, 0.2) is 0 Å². The van der Waals surface area contributed by atoms with Gasteiger partial charge in [-0.3, -0.25) is 4.21 Å². The van der Waals surface area contributed by atoms with E-state index in [0.717, 1.165) is 22.8 Å². The Bertz CT molecular complexity index is 619. The molecular weight excluding hydrogens is 282 g/mol. The van der Waals surface area contributed by atoms with E-state index in [9.17, 15) is 4.21 Å². The van der Waals surface area contributed by atoms with Crippen LogP contribution in [0.5, 0.6) is 0 Å². The maximum absolute atomic E-state index is 11.3. The van der Waals surface area contributed by atoms with Crippen molar-refractivity contribution in [3.8, 4) is 0 Å². The molecule has 2 rings (SSSR count). The average Bonchev–Trinajstić information content (AvgIpc) is 2.33. The van der Waals surface area contributed by atoms with Crippen molar-refractivity contribution in [3.63, 3.8) is 0 Å². The highest BCUT2D eigenvalue weighted by Gasteiger charge is 2.05. The lowest BCUT2D eigenvalue weighted by Crippen LogP contribution is -1.98. The van der Waals surface area contributed by atoms with Crippen molar-refractivity contribution < 1.29 is 4.21 Å². The molecule has 0 saturated carbocycles. The Kier molecular flexibility index (Phi) is 4.50. The molecule has 0 fully saturated rings. The minimum absolute atomic E-state index is 0.442. The quantitative estimate of drug-likeness (QED) is 0.942. The molecule has 100 valence electrons. The van der Waals surface area contributed by atoms with E-state index in [1.54, 1.807) is 12.3 Å². The zero-order valence-electron chi connectivity index (χ0n) is 10.7. The number of nitrogens with one attached hydrogen (secondary N) is 1. The van der Waals surface area contributed by atoms with E-state index in [4.69, 9.17) is 11.6 Å². The Hall–Kier alpha value is -1.46. The molecule has 2 aromatic rings. The highest BCUT2D eigenvalue weighted by atomic mass is 35.5. The molecule has 19 heavy (non-hydrogen) atoms. The molecule has 1 aromatic heterocycles. The van der Waals surface area contributed by atoms with Gasteiger partial charge in [-0.2, -0.15) is 0 Å². The fourth-order valence-electron chi connectivity index (χ4n) is 1.65. The van der Waals surface area contributed by atoms with Gasteiger partial charge >= 0.3 is 0 Å². The number of benzene rings is 1. The van der Waals surface area contributed by atoms with Crippen LogP contribution >= 0.6 is 11.6 Å². The predicted molar refractivity (Wildman–Crippen MR) is 79.3 cm³/mol. The molecular formula is C13H14ClN3OS. The molecule has 0 aliphatic heterocycles. The zero-order chi connectivity index (χ0) is 13.8. The molecule has 1 N–H and O–H groups in total. The lowest BCUT2D eigenvalue weighted by molar-refractivity contribution is 0.686. The van der Waals surface area contributed by atoms with Crippen molar-refractivity contribution in [3.05, 3.63) is 46.9 Å². The first-order chi connectivity index (χ1) is 9.04. The monoisotopic (exact) mass is 295 g/mol. The molecule has 0 amide bonds. The van der Waals surface area contributed by atoms with Crippen molar-refractivity contribution in [2.24, 2.45) is 0 Å². The van der Waals surface area contributed by atoms with Gasteiger partial charge in [-0.25, -0.2) is 9.97 Å². The van der Waals surface area contributed by atoms with Gasteiger partial charge in [-0.1, -0.05) is 11.6 Å². The van der Waals surface area contributed by atoms with Crippen LogP contribution in [0.25, 0.3) is 0 Å². The third kappa shape index (κ3) is 4.01. The largest absolute Gasteiger partial charge is 0.340 e. The second-order valence-corrected chi connectivity index (χ2v) is 6.04. The highest BCUT2D eigenvalue weighted by molar-refractivity contribution is 7.83. The second-order valence-electron chi connectivity index (χ2n) is 4.19. The number of anilines is 2. The molecule has 0 aliphatic rings. The topological polar surface area (TPSA) is 54.9 Å². The summed E-state index contributed by atoms with van der Waals surface area (Å²) in [7, 11) is -0.923. The number of aromatic nitrogens is 2. The van der Waals surface area contributed by atoms with Gasteiger partial charge in [0.1, 0.15) is 12.1 Å².